The van der Waals surface area contributed by atoms with E-state index < -0.39 is 17.2 Å². The highest BCUT2D eigenvalue weighted by Gasteiger charge is 2.15. The minimum atomic E-state index is -1.32. The van der Waals surface area contributed by atoms with Crippen LogP contribution in [0.25, 0.3) is 11.0 Å². The van der Waals surface area contributed by atoms with Crippen molar-refractivity contribution in [2.75, 3.05) is 0 Å². The van der Waals surface area contributed by atoms with E-state index in [4.69, 9.17) is 5.11 Å². The maximum Gasteiger partial charge on any atom is 0.360 e. The second-order valence-electron chi connectivity index (χ2n) is 3.46. The van der Waals surface area contributed by atoms with E-state index in [1.54, 1.807) is 30.3 Å². The first-order valence-corrected chi connectivity index (χ1v) is 4.99. The highest BCUT2D eigenvalue weighted by atomic mass is 16.4. The van der Waals surface area contributed by atoms with Crippen molar-refractivity contribution >= 4 is 17.0 Å². The molecule has 0 aliphatic heterocycles. The molecular formula is C12H10N2O3. The topological polar surface area (TPSA) is 72.2 Å². The summed E-state index contributed by atoms with van der Waals surface area (Å²) in [5, 5.41) is 8.92. The molecule has 1 N–H and O–H groups in total. The van der Waals surface area contributed by atoms with Gasteiger partial charge in [-0.05, 0) is 12.1 Å². The first-order valence-electron chi connectivity index (χ1n) is 4.99. The van der Waals surface area contributed by atoms with Crippen LogP contribution in [-0.4, -0.2) is 20.6 Å². The van der Waals surface area contributed by atoms with Gasteiger partial charge in [0.2, 0.25) is 5.69 Å². The van der Waals surface area contributed by atoms with E-state index >= 15 is 0 Å². The lowest BCUT2D eigenvalue weighted by molar-refractivity contribution is 0.0688. The monoisotopic (exact) mass is 230 g/mol. The number of nitrogens with zero attached hydrogens (tertiary/aromatic N) is 2. The minimum Gasteiger partial charge on any atom is -0.476 e. The van der Waals surface area contributed by atoms with Crippen molar-refractivity contribution in [3.63, 3.8) is 0 Å². The molecule has 1 aromatic carbocycles. The van der Waals surface area contributed by atoms with Crippen LogP contribution in [0.4, 0.5) is 0 Å². The number of benzene rings is 1. The molecule has 1 heterocycles. The molecule has 5 heteroatoms. The summed E-state index contributed by atoms with van der Waals surface area (Å²) in [5.74, 6) is -1.32. The molecule has 0 bridgehead atoms. The molecule has 0 aliphatic rings. The van der Waals surface area contributed by atoms with Crippen molar-refractivity contribution in [3.8, 4) is 0 Å². The molecule has 0 saturated heterocycles. The summed E-state index contributed by atoms with van der Waals surface area (Å²) in [6.45, 7) is 3.80. The molecule has 0 spiro atoms. The zero-order chi connectivity index (χ0) is 12.4. The van der Waals surface area contributed by atoms with Gasteiger partial charge in [-0.15, -0.1) is 6.58 Å². The lowest BCUT2D eigenvalue weighted by atomic mass is 10.2. The van der Waals surface area contributed by atoms with E-state index in [0.717, 1.165) is 0 Å². The number of carbonyl (C=O) groups is 1. The van der Waals surface area contributed by atoms with Crippen molar-refractivity contribution in [2.45, 2.75) is 6.54 Å². The predicted octanol–water partition coefficient (Wildman–Crippen LogP) is 1.28. The van der Waals surface area contributed by atoms with Gasteiger partial charge in [-0.2, -0.15) is 0 Å². The number of aromatic carboxylic acids is 1. The number of hydrogen-bond acceptors (Lipinski definition) is 3. The summed E-state index contributed by atoms with van der Waals surface area (Å²) in [6.07, 6.45) is 1.54. The largest absolute Gasteiger partial charge is 0.476 e. The zero-order valence-electron chi connectivity index (χ0n) is 8.96. The molecule has 0 saturated carbocycles. The van der Waals surface area contributed by atoms with Crippen LogP contribution in [0.5, 0.6) is 0 Å². The van der Waals surface area contributed by atoms with Crippen LogP contribution >= 0.6 is 0 Å². The molecular weight excluding hydrogens is 220 g/mol. The fraction of sp³-hybridized carbons (Fsp3) is 0.0833. The fourth-order valence-corrected chi connectivity index (χ4v) is 1.64. The summed E-state index contributed by atoms with van der Waals surface area (Å²) in [4.78, 5) is 26.7. The SMILES string of the molecule is C=CCn1c(=O)c(C(=O)O)nc2ccccc21. The zero-order valence-corrected chi connectivity index (χ0v) is 8.96. The smallest absolute Gasteiger partial charge is 0.360 e. The normalized spacial score (nSPS) is 10.4. The van der Waals surface area contributed by atoms with Gasteiger partial charge < -0.3 is 9.67 Å². The Labute approximate surface area is 96.6 Å². The molecule has 86 valence electrons. The maximum absolute atomic E-state index is 11.9. The Bertz CT molecular complexity index is 658. The first kappa shape index (κ1) is 11.1. The van der Waals surface area contributed by atoms with Gasteiger partial charge in [-0.3, -0.25) is 4.79 Å². The van der Waals surface area contributed by atoms with Crippen LogP contribution in [0.3, 0.4) is 0 Å². The molecule has 0 amide bonds. The molecule has 0 atom stereocenters. The van der Waals surface area contributed by atoms with Crippen molar-refractivity contribution in [1.29, 1.82) is 0 Å². The number of para-hydroxylation sites is 2. The number of carboxylic acids is 1. The molecule has 17 heavy (non-hydrogen) atoms. The Kier molecular flexibility index (Phi) is 2.74. The summed E-state index contributed by atoms with van der Waals surface area (Å²) in [5.41, 5.74) is -0.00426. The number of allylic oxidation sites excluding steroid dienone is 1. The standard InChI is InChI=1S/C12H10N2O3/c1-2-7-14-9-6-4-3-5-8(9)13-10(11(14)15)12(16)17/h2-6H,1,7H2,(H,16,17). The Hall–Kier alpha value is -2.43. The van der Waals surface area contributed by atoms with E-state index in [2.05, 4.69) is 11.6 Å². The van der Waals surface area contributed by atoms with Crippen LogP contribution in [0, 0.1) is 0 Å². The Balaban J connectivity index is 2.90. The third kappa shape index (κ3) is 1.82. The van der Waals surface area contributed by atoms with E-state index in [-0.39, 0.29) is 6.54 Å². The van der Waals surface area contributed by atoms with Crippen LogP contribution in [0.15, 0.2) is 41.7 Å². The Morgan fingerprint density at radius 3 is 2.82 bits per heavy atom. The lowest BCUT2D eigenvalue weighted by Gasteiger charge is -2.08. The second kappa shape index (κ2) is 4.21. The second-order valence-corrected chi connectivity index (χ2v) is 3.46. The summed E-state index contributed by atoms with van der Waals surface area (Å²) < 4.78 is 1.35. The number of fused-ring (bicyclic) bond motifs is 1. The highest BCUT2D eigenvalue weighted by Crippen LogP contribution is 2.09. The summed E-state index contributed by atoms with van der Waals surface area (Å²) >= 11 is 0. The van der Waals surface area contributed by atoms with Crippen LogP contribution in [0.2, 0.25) is 0 Å². The van der Waals surface area contributed by atoms with Crippen LogP contribution < -0.4 is 5.56 Å². The third-order valence-electron chi connectivity index (χ3n) is 2.37. The molecule has 2 rings (SSSR count). The predicted molar refractivity (Wildman–Crippen MR) is 63.2 cm³/mol. The van der Waals surface area contributed by atoms with Crippen LogP contribution in [0.1, 0.15) is 10.5 Å². The minimum absolute atomic E-state index is 0.252. The first-order chi connectivity index (χ1) is 8.15. The lowest BCUT2D eigenvalue weighted by Crippen LogP contribution is -2.28. The molecule has 0 aliphatic carbocycles. The van der Waals surface area contributed by atoms with Crippen molar-refractivity contribution in [2.24, 2.45) is 0 Å². The van der Waals surface area contributed by atoms with E-state index in [9.17, 15) is 9.59 Å². The van der Waals surface area contributed by atoms with Crippen LogP contribution in [-0.2, 0) is 6.54 Å². The van der Waals surface area contributed by atoms with Crippen molar-refractivity contribution < 1.29 is 9.90 Å². The van der Waals surface area contributed by atoms with E-state index in [1.165, 1.54) is 4.57 Å². The van der Waals surface area contributed by atoms with Gasteiger partial charge in [0.05, 0.1) is 11.0 Å². The fourth-order valence-electron chi connectivity index (χ4n) is 1.64. The average Bonchev–Trinajstić information content (AvgIpc) is 2.32. The highest BCUT2D eigenvalue weighted by molar-refractivity contribution is 5.88. The molecule has 0 radical (unpaired) electrons. The number of carboxylic acid groups (broad SMARTS) is 1. The van der Waals surface area contributed by atoms with Gasteiger partial charge >= 0.3 is 5.97 Å². The number of aromatic nitrogens is 2. The summed E-state index contributed by atoms with van der Waals surface area (Å²) in [6, 6.07) is 6.90. The van der Waals surface area contributed by atoms with Gasteiger partial charge in [0.25, 0.3) is 5.56 Å². The van der Waals surface area contributed by atoms with Gasteiger partial charge in [0, 0.05) is 6.54 Å². The van der Waals surface area contributed by atoms with Crippen molar-refractivity contribution in [1.82, 2.24) is 9.55 Å². The molecule has 0 fully saturated rings. The van der Waals surface area contributed by atoms with E-state index in [0.29, 0.717) is 11.0 Å². The molecule has 5 nitrogen and oxygen atoms in total. The molecule has 2 aromatic rings. The summed E-state index contributed by atoms with van der Waals surface area (Å²) in [7, 11) is 0. The van der Waals surface area contributed by atoms with Gasteiger partial charge in [0.1, 0.15) is 0 Å². The molecule has 1 aromatic heterocycles. The average molecular weight is 230 g/mol. The van der Waals surface area contributed by atoms with Gasteiger partial charge in [0.15, 0.2) is 0 Å². The Morgan fingerprint density at radius 2 is 2.18 bits per heavy atom. The van der Waals surface area contributed by atoms with Crippen molar-refractivity contribution in [3.05, 3.63) is 53.0 Å². The van der Waals surface area contributed by atoms with Gasteiger partial charge in [-0.1, -0.05) is 18.2 Å². The molecule has 0 unspecified atom stereocenters. The third-order valence-corrected chi connectivity index (χ3v) is 2.37. The van der Waals surface area contributed by atoms with E-state index in [1.807, 2.05) is 0 Å². The van der Waals surface area contributed by atoms with Gasteiger partial charge in [-0.25, -0.2) is 9.78 Å². The maximum atomic E-state index is 11.9. The Morgan fingerprint density at radius 1 is 1.47 bits per heavy atom. The quantitative estimate of drug-likeness (QED) is 0.806. The number of rotatable bonds is 3. The number of hydrogen-bond donors (Lipinski definition) is 1.